The van der Waals surface area contributed by atoms with E-state index in [0.717, 1.165) is 22.8 Å². The lowest BCUT2D eigenvalue weighted by Gasteiger charge is -2.44. The lowest BCUT2D eigenvalue weighted by Crippen LogP contribution is -2.51. The van der Waals surface area contributed by atoms with E-state index in [1.807, 2.05) is 23.6 Å². The van der Waals surface area contributed by atoms with Crippen molar-refractivity contribution in [2.75, 3.05) is 33.9 Å². The van der Waals surface area contributed by atoms with E-state index < -0.39 is 0 Å². The second kappa shape index (κ2) is 9.79. The van der Waals surface area contributed by atoms with Gasteiger partial charge in [0.2, 0.25) is 5.91 Å². The van der Waals surface area contributed by atoms with Crippen LogP contribution in [0.3, 0.4) is 0 Å². The largest absolute Gasteiger partial charge is 0.493 e. The zero-order chi connectivity index (χ0) is 20.9. The highest BCUT2D eigenvalue weighted by Gasteiger charge is 2.32. The Kier molecular flexibility index (Phi) is 6.89. The molecule has 3 heterocycles. The van der Waals surface area contributed by atoms with Gasteiger partial charge in [0.25, 0.3) is 0 Å². The van der Waals surface area contributed by atoms with Crippen LogP contribution in [-0.2, 0) is 11.2 Å². The van der Waals surface area contributed by atoms with Gasteiger partial charge in [-0.1, -0.05) is 6.42 Å². The third-order valence-corrected chi connectivity index (χ3v) is 7.25. The van der Waals surface area contributed by atoms with Crippen molar-refractivity contribution < 1.29 is 14.3 Å². The van der Waals surface area contributed by atoms with Gasteiger partial charge in [0.1, 0.15) is 5.01 Å². The molecule has 2 aliphatic heterocycles. The molecule has 2 atom stereocenters. The first-order chi connectivity index (χ1) is 14.7. The van der Waals surface area contributed by atoms with Crippen LogP contribution in [0.4, 0.5) is 0 Å². The number of nitrogens with zero attached hydrogens (tertiary/aromatic N) is 2. The number of amides is 1. The zero-order valence-electron chi connectivity index (χ0n) is 17.9. The molecular formula is C23H31N3O3S. The van der Waals surface area contributed by atoms with E-state index in [4.69, 9.17) is 9.47 Å². The highest BCUT2D eigenvalue weighted by Crippen LogP contribution is 2.34. The minimum atomic E-state index is 0.0621. The van der Waals surface area contributed by atoms with E-state index in [1.165, 1.54) is 45.2 Å². The molecule has 162 valence electrons. The first-order valence-electron chi connectivity index (χ1n) is 10.9. The molecule has 0 spiro atoms. The minimum Gasteiger partial charge on any atom is -0.493 e. The van der Waals surface area contributed by atoms with Gasteiger partial charge in [0.05, 0.1) is 26.3 Å². The molecule has 0 radical (unpaired) electrons. The first-order valence-corrected chi connectivity index (χ1v) is 11.7. The molecule has 6 nitrogen and oxygen atoms in total. The van der Waals surface area contributed by atoms with Crippen molar-refractivity contribution in [2.24, 2.45) is 5.92 Å². The van der Waals surface area contributed by atoms with E-state index in [0.29, 0.717) is 29.9 Å². The normalized spacial score (nSPS) is 21.7. The van der Waals surface area contributed by atoms with Gasteiger partial charge in [-0.2, -0.15) is 0 Å². The molecule has 4 rings (SSSR count). The van der Waals surface area contributed by atoms with E-state index in [1.54, 1.807) is 25.6 Å². The van der Waals surface area contributed by atoms with Crippen molar-refractivity contribution in [2.45, 2.75) is 44.6 Å². The number of rotatable bonds is 7. The number of aromatic nitrogens is 1. The van der Waals surface area contributed by atoms with Crippen LogP contribution in [0.25, 0.3) is 10.6 Å². The fourth-order valence-corrected chi connectivity index (χ4v) is 5.59. The second-order valence-electron chi connectivity index (χ2n) is 8.20. The summed E-state index contributed by atoms with van der Waals surface area (Å²) in [5, 5.41) is 6.02. The van der Waals surface area contributed by atoms with Crippen LogP contribution in [0.2, 0.25) is 0 Å². The lowest BCUT2D eigenvalue weighted by molar-refractivity contribution is -0.120. The fourth-order valence-electron chi connectivity index (χ4n) is 4.78. The van der Waals surface area contributed by atoms with Gasteiger partial charge >= 0.3 is 0 Å². The van der Waals surface area contributed by atoms with Crippen molar-refractivity contribution in [1.29, 1.82) is 0 Å². The van der Waals surface area contributed by atoms with E-state index in [-0.39, 0.29) is 5.91 Å². The van der Waals surface area contributed by atoms with Gasteiger partial charge in [-0.3, -0.25) is 4.79 Å². The van der Waals surface area contributed by atoms with E-state index >= 15 is 0 Å². The minimum absolute atomic E-state index is 0.0621. The van der Waals surface area contributed by atoms with Crippen LogP contribution in [0.15, 0.2) is 23.6 Å². The summed E-state index contributed by atoms with van der Waals surface area (Å²) < 4.78 is 10.7. The Hall–Kier alpha value is -2.12. The van der Waals surface area contributed by atoms with Crippen molar-refractivity contribution in [3.8, 4) is 22.1 Å². The van der Waals surface area contributed by atoms with Crippen molar-refractivity contribution in [1.82, 2.24) is 15.2 Å². The number of ether oxygens (including phenoxy) is 2. The van der Waals surface area contributed by atoms with Crippen molar-refractivity contribution in [3.05, 3.63) is 29.3 Å². The molecule has 1 aromatic carbocycles. The molecule has 2 fully saturated rings. The van der Waals surface area contributed by atoms with Crippen LogP contribution in [0, 0.1) is 5.92 Å². The number of methoxy groups -OCH3 is 2. The summed E-state index contributed by atoms with van der Waals surface area (Å²) in [6, 6.07) is 6.41. The van der Waals surface area contributed by atoms with E-state index in [9.17, 15) is 4.79 Å². The molecule has 0 aliphatic carbocycles. The quantitative estimate of drug-likeness (QED) is 0.726. The fraction of sp³-hybridized carbons (Fsp3) is 0.565. The summed E-state index contributed by atoms with van der Waals surface area (Å²) >= 11 is 1.54. The molecule has 0 unspecified atom stereocenters. The van der Waals surface area contributed by atoms with Gasteiger partial charge < -0.3 is 19.7 Å². The van der Waals surface area contributed by atoms with Crippen molar-refractivity contribution >= 4 is 17.2 Å². The number of piperidine rings is 2. The molecule has 2 aliphatic rings. The number of hydrogen-bond acceptors (Lipinski definition) is 6. The first kappa shape index (κ1) is 21.1. The smallest absolute Gasteiger partial charge is 0.226 e. The molecule has 2 saturated heterocycles. The highest BCUT2D eigenvalue weighted by molar-refractivity contribution is 7.13. The highest BCUT2D eigenvalue weighted by atomic mass is 32.1. The Balaban J connectivity index is 1.33. The Morgan fingerprint density at radius 2 is 2.00 bits per heavy atom. The lowest BCUT2D eigenvalue weighted by atomic mass is 9.83. The number of fused-ring (bicyclic) bond motifs is 1. The van der Waals surface area contributed by atoms with Gasteiger partial charge in [0, 0.05) is 23.5 Å². The standard InChI is InChI=1S/C23H31N3O3S/c1-28-20-9-8-16(12-21(20)29-2)23-25-18(15-30-23)13-22(27)24-14-17-6-5-11-26-10-4-3-7-19(17)26/h8-9,12,15,17,19H,3-7,10-11,13-14H2,1-2H3,(H,24,27)/t17-,19+/m1/s1. The summed E-state index contributed by atoms with van der Waals surface area (Å²) in [4.78, 5) is 19.9. The summed E-state index contributed by atoms with van der Waals surface area (Å²) in [7, 11) is 3.24. The maximum atomic E-state index is 12.5. The van der Waals surface area contributed by atoms with E-state index in [2.05, 4.69) is 15.2 Å². The number of hydrogen-bond donors (Lipinski definition) is 1. The van der Waals surface area contributed by atoms with Crippen molar-refractivity contribution in [3.63, 3.8) is 0 Å². The van der Waals surface area contributed by atoms with Gasteiger partial charge in [-0.05, 0) is 62.9 Å². The second-order valence-corrected chi connectivity index (χ2v) is 9.05. The molecule has 1 aromatic heterocycles. The number of carbonyl (C=O) groups excluding carboxylic acids is 1. The monoisotopic (exact) mass is 429 g/mol. The zero-order valence-corrected chi connectivity index (χ0v) is 18.7. The average Bonchev–Trinajstić information content (AvgIpc) is 3.25. The van der Waals surface area contributed by atoms with Gasteiger partial charge in [-0.25, -0.2) is 4.98 Å². The average molecular weight is 430 g/mol. The molecule has 7 heteroatoms. The van der Waals surface area contributed by atoms with Crippen LogP contribution in [0.5, 0.6) is 11.5 Å². The number of benzene rings is 1. The number of nitrogens with one attached hydrogen (secondary N) is 1. The summed E-state index contributed by atoms with van der Waals surface area (Å²) in [5.74, 6) is 2.01. The topological polar surface area (TPSA) is 63.7 Å². The predicted octanol–water partition coefficient (Wildman–Crippen LogP) is 3.75. The Morgan fingerprint density at radius 1 is 1.17 bits per heavy atom. The Morgan fingerprint density at radius 3 is 2.83 bits per heavy atom. The molecule has 1 N–H and O–H groups in total. The third kappa shape index (κ3) is 4.78. The SMILES string of the molecule is COc1ccc(-c2nc(CC(=O)NC[C@H]3CCCN4CCCC[C@@H]34)cs2)cc1OC. The molecular weight excluding hydrogens is 398 g/mol. The summed E-state index contributed by atoms with van der Waals surface area (Å²) in [5.41, 5.74) is 1.77. The molecule has 2 aromatic rings. The third-order valence-electron chi connectivity index (χ3n) is 6.31. The molecule has 1 amide bonds. The van der Waals surface area contributed by atoms with Gasteiger partial charge in [0.15, 0.2) is 11.5 Å². The molecule has 0 saturated carbocycles. The van der Waals surface area contributed by atoms with Crippen LogP contribution < -0.4 is 14.8 Å². The molecule has 0 bridgehead atoms. The number of thiazole rings is 1. The Labute approximate surface area is 182 Å². The van der Waals surface area contributed by atoms with Crippen LogP contribution >= 0.6 is 11.3 Å². The summed E-state index contributed by atoms with van der Waals surface area (Å²) in [6.07, 6.45) is 6.72. The van der Waals surface area contributed by atoms with Crippen LogP contribution in [-0.4, -0.2) is 55.7 Å². The Bertz CT molecular complexity index is 867. The predicted molar refractivity (Wildman–Crippen MR) is 119 cm³/mol. The summed E-state index contributed by atoms with van der Waals surface area (Å²) in [6.45, 7) is 3.24. The number of carbonyl (C=O) groups is 1. The maximum absolute atomic E-state index is 12.5. The van der Waals surface area contributed by atoms with Crippen LogP contribution in [0.1, 0.15) is 37.8 Å². The molecule has 30 heavy (non-hydrogen) atoms. The van der Waals surface area contributed by atoms with Gasteiger partial charge in [-0.15, -0.1) is 11.3 Å². The maximum Gasteiger partial charge on any atom is 0.226 e.